The van der Waals surface area contributed by atoms with Crippen LogP contribution in [0, 0.1) is 0 Å². The Labute approximate surface area is 111 Å². The lowest BCUT2D eigenvalue weighted by Gasteiger charge is -2.12. The Kier molecular flexibility index (Phi) is 4.28. The van der Waals surface area contributed by atoms with Crippen LogP contribution in [0.25, 0.3) is 0 Å². The van der Waals surface area contributed by atoms with E-state index in [2.05, 4.69) is 27.8 Å². The van der Waals surface area contributed by atoms with Gasteiger partial charge in [0, 0.05) is 5.02 Å². The van der Waals surface area contributed by atoms with Crippen molar-refractivity contribution in [1.82, 2.24) is 25.5 Å². The van der Waals surface area contributed by atoms with E-state index in [1.165, 1.54) is 0 Å². The van der Waals surface area contributed by atoms with Gasteiger partial charge in [0.2, 0.25) is 0 Å². The highest BCUT2D eigenvalue weighted by Crippen LogP contribution is 2.17. The van der Waals surface area contributed by atoms with Crippen LogP contribution >= 0.6 is 11.6 Å². The molecule has 6 heteroatoms. The van der Waals surface area contributed by atoms with E-state index in [4.69, 9.17) is 11.6 Å². The molecule has 0 spiro atoms. The van der Waals surface area contributed by atoms with Gasteiger partial charge in [-0.1, -0.05) is 36.7 Å². The smallest absolute Gasteiger partial charge is 0.168 e. The molecule has 1 atom stereocenters. The van der Waals surface area contributed by atoms with E-state index < -0.39 is 0 Å². The number of nitrogens with one attached hydrogen (secondary N) is 1. The molecule has 1 aromatic heterocycles. The highest BCUT2D eigenvalue weighted by atomic mass is 35.5. The summed E-state index contributed by atoms with van der Waals surface area (Å²) in [5, 5.41) is 15.8. The third kappa shape index (κ3) is 2.86. The first-order valence-corrected chi connectivity index (χ1v) is 6.33. The van der Waals surface area contributed by atoms with Gasteiger partial charge in [-0.2, -0.15) is 0 Å². The third-order valence-corrected chi connectivity index (χ3v) is 3.10. The summed E-state index contributed by atoms with van der Waals surface area (Å²) in [4.78, 5) is 0. The van der Waals surface area contributed by atoms with E-state index in [1.54, 1.807) is 4.68 Å². The fraction of sp³-hybridized carbons (Fsp3) is 0.417. The maximum Gasteiger partial charge on any atom is 0.168 e. The Bertz CT molecular complexity index is 511. The Balaban J connectivity index is 2.20. The molecule has 0 aliphatic rings. The molecule has 0 saturated carbocycles. The van der Waals surface area contributed by atoms with Crippen molar-refractivity contribution in [3.63, 3.8) is 0 Å². The van der Waals surface area contributed by atoms with Gasteiger partial charge in [0.1, 0.15) is 0 Å². The summed E-state index contributed by atoms with van der Waals surface area (Å²) >= 11 is 6.14. The molecule has 2 rings (SSSR count). The van der Waals surface area contributed by atoms with E-state index in [1.807, 2.05) is 31.2 Å². The van der Waals surface area contributed by atoms with Crippen molar-refractivity contribution < 1.29 is 0 Å². The molecule has 1 aromatic carbocycles. The van der Waals surface area contributed by atoms with Crippen LogP contribution in [0.4, 0.5) is 0 Å². The first-order valence-electron chi connectivity index (χ1n) is 5.95. The molecule has 0 bridgehead atoms. The standard InChI is InChI=1S/C12H16ClN5/c1-3-14-9(2)12-15-16-17-18(12)8-10-6-4-5-7-11(10)13/h4-7,9,14H,3,8H2,1-2H3. The molecule has 0 aliphatic carbocycles. The maximum atomic E-state index is 6.14. The van der Waals surface area contributed by atoms with Gasteiger partial charge in [-0.25, -0.2) is 4.68 Å². The SMILES string of the molecule is CCNC(C)c1nnnn1Cc1ccccc1Cl. The predicted molar refractivity (Wildman–Crippen MR) is 70.5 cm³/mol. The van der Waals surface area contributed by atoms with E-state index in [0.29, 0.717) is 6.54 Å². The molecule has 2 aromatic rings. The van der Waals surface area contributed by atoms with Crippen molar-refractivity contribution in [1.29, 1.82) is 0 Å². The molecule has 0 amide bonds. The van der Waals surface area contributed by atoms with Gasteiger partial charge in [-0.15, -0.1) is 5.10 Å². The van der Waals surface area contributed by atoms with E-state index in [-0.39, 0.29) is 6.04 Å². The number of rotatable bonds is 5. The van der Waals surface area contributed by atoms with Gasteiger partial charge >= 0.3 is 0 Å². The second-order valence-corrected chi connectivity index (χ2v) is 4.47. The number of hydrogen-bond donors (Lipinski definition) is 1. The first-order chi connectivity index (χ1) is 8.72. The summed E-state index contributed by atoms with van der Waals surface area (Å²) in [6.07, 6.45) is 0. The molecule has 1 unspecified atom stereocenters. The molecule has 5 nitrogen and oxygen atoms in total. The third-order valence-electron chi connectivity index (χ3n) is 2.74. The highest BCUT2D eigenvalue weighted by molar-refractivity contribution is 6.31. The van der Waals surface area contributed by atoms with Crippen molar-refractivity contribution in [3.8, 4) is 0 Å². The molecule has 0 saturated heterocycles. The number of aromatic nitrogens is 4. The minimum Gasteiger partial charge on any atom is -0.308 e. The molecule has 0 aliphatic heterocycles. The van der Waals surface area contributed by atoms with Gasteiger partial charge in [0.15, 0.2) is 5.82 Å². The molecule has 0 fully saturated rings. The van der Waals surface area contributed by atoms with Crippen LogP contribution in [0.3, 0.4) is 0 Å². The zero-order chi connectivity index (χ0) is 13.0. The number of hydrogen-bond acceptors (Lipinski definition) is 4. The van der Waals surface area contributed by atoms with Crippen LogP contribution in [0.1, 0.15) is 31.3 Å². The lowest BCUT2D eigenvalue weighted by molar-refractivity contribution is 0.516. The summed E-state index contributed by atoms with van der Waals surface area (Å²) in [5.74, 6) is 0.816. The molecular formula is C12H16ClN5. The van der Waals surface area contributed by atoms with Gasteiger partial charge in [0.05, 0.1) is 12.6 Å². The van der Waals surface area contributed by atoms with Crippen LogP contribution in [-0.4, -0.2) is 26.8 Å². The molecule has 1 heterocycles. The van der Waals surface area contributed by atoms with Gasteiger partial charge in [-0.3, -0.25) is 0 Å². The van der Waals surface area contributed by atoms with E-state index >= 15 is 0 Å². The second kappa shape index (κ2) is 5.93. The zero-order valence-corrected chi connectivity index (χ0v) is 11.2. The number of tetrazole rings is 1. The van der Waals surface area contributed by atoms with Gasteiger partial charge < -0.3 is 5.32 Å². The summed E-state index contributed by atoms with van der Waals surface area (Å²) in [6, 6.07) is 7.83. The van der Waals surface area contributed by atoms with E-state index in [9.17, 15) is 0 Å². The monoisotopic (exact) mass is 265 g/mol. The largest absolute Gasteiger partial charge is 0.308 e. The Morgan fingerprint density at radius 1 is 1.39 bits per heavy atom. The topological polar surface area (TPSA) is 55.6 Å². The van der Waals surface area contributed by atoms with Crippen LogP contribution in [0.15, 0.2) is 24.3 Å². The fourth-order valence-electron chi connectivity index (χ4n) is 1.82. The van der Waals surface area contributed by atoms with Crippen molar-refractivity contribution >= 4 is 11.6 Å². The predicted octanol–water partition coefficient (Wildman–Crippen LogP) is 2.05. The maximum absolute atomic E-state index is 6.14. The van der Waals surface area contributed by atoms with Gasteiger partial charge in [-0.05, 0) is 35.5 Å². The van der Waals surface area contributed by atoms with E-state index in [0.717, 1.165) is 23.0 Å². The normalized spacial score (nSPS) is 12.6. The lowest BCUT2D eigenvalue weighted by atomic mass is 10.2. The second-order valence-electron chi connectivity index (χ2n) is 4.07. The Morgan fingerprint density at radius 3 is 2.89 bits per heavy atom. The van der Waals surface area contributed by atoms with Crippen LogP contribution < -0.4 is 5.32 Å². The van der Waals surface area contributed by atoms with Crippen LogP contribution in [0.5, 0.6) is 0 Å². The zero-order valence-electron chi connectivity index (χ0n) is 10.5. The molecule has 96 valence electrons. The van der Waals surface area contributed by atoms with Crippen molar-refractivity contribution in [2.45, 2.75) is 26.4 Å². The number of benzene rings is 1. The average Bonchev–Trinajstić information content (AvgIpc) is 2.81. The fourth-order valence-corrected chi connectivity index (χ4v) is 2.02. The lowest BCUT2D eigenvalue weighted by Crippen LogP contribution is -2.22. The van der Waals surface area contributed by atoms with Crippen molar-refractivity contribution in [3.05, 3.63) is 40.7 Å². The summed E-state index contributed by atoms with van der Waals surface area (Å²) in [5.41, 5.74) is 1.01. The minimum absolute atomic E-state index is 0.118. The first kappa shape index (κ1) is 13.0. The van der Waals surface area contributed by atoms with Crippen molar-refractivity contribution in [2.75, 3.05) is 6.54 Å². The van der Waals surface area contributed by atoms with Crippen LogP contribution in [-0.2, 0) is 6.54 Å². The Morgan fingerprint density at radius 2 is 2.17 bits per heavy atom. The summed E-state index contributed by atoms with van der Waals surface area (Å²) in [6.45, 7) is 5.55. The minimum atomic E-state index is 0.118. The Hall–Kier alpha value is -1.46. The molecule has 0 radical (unpaired) electrons. The number of nitrogens with zero attached hydrogens (tertiary/aromatic N) is 4. The highest BCUT2D eigenvalue weighted by Gasteiger charge is 2.14. The van der Waals surface area contributed by atoms with Gasteiger partial charge in [0.25, 0.3) is 0 Å². The average molecular weight is 266 g/mol. The molecule has 1 N–H and O–H groups in total. The van der Waals surface area contributed by atoms with Crippen molar-refractivity contribution in [2.24, 2.45) is 0 Å². The summed E-state index contributed by atoms with van der Waals surface area (Å²) in [7, 11) is 0. The van der Waals surface area contributed by atoms with Crippen LogP contribution in [0.2, 0.25) is 5.02 Å². The molecular weight excluding hydrogens is 250 g/mol. The molecule has 18 heavy (non-hydrogen) atoms. The number of halogens is 1. The summed E-state index contributed by atoms with van der Waals surface area (Å²) < 4.78 is 1.77. The quantitative estimate of drug-likeness (QED) is 0.899.